The Morgan fingerprint density at radius 2 is 1.75 bits per heavy atom. The number of hydrogen-bond donors (Lipinski definition) is 4. The summed E-state index contributed by atoms with van der Waals surface area (Å²) < 4.78 is 55.8. The molecule has 1 amide bonds. The fraction of sp³-hybridized carbons (Fsp3) is 0.292. The van der Waals surface area contributed by atoms with Crippen LogP contribution in [0.3, 0.4) is 0 Å². The number of alkyl halides is 3. The average Bonchev–Trinajstić information content (AvgIpc) is 2.82. The molecule has 36 heavy (non-hydrogen) atoms. The molecule has 0 radical (unpaired) electrons. The van der Waals surface area contributed by atoms with Gasteiger partial charge in [-0.2, -0.15) is 0 Å². The third-order valence-corrected chi connectivity index (χ3v) is 5.81. The van der Waals surface area contributed by atoms with Crippen LogP contribution in [-0.4, -0.2) is 34.3 Å². The minimum atomic E-state index is -4.79. The van der Waals surface area contributed by atoms with Crippen LogP contribution in [-0.2, 0) is 0 Å². The highest BCUT2D eigenvalue weighted by atomic mass is 19.4. The van der Waals surface area contributed by atoms with Crippen molar-refractivity contribution in [3.05, 3.63) is 60.2 Å². The van der Waals surface area contributed by atoms with Crippen molar-refractivity contribution in [2.45, 2.75) is 44.1 Å². The largest absolute Gasteiger partial charge is 0.573 e. The maximum absolute atomic E-state index is 14.7. The number of amides is 1. The van der Waals surface area contributed by atoms with Crippen molar-refractivity contribution in [2.75, 3.05) is 10.6 Å². The van der Waals surface area contributed by atoms with Gasteiger partial charge in [-0.3, -0.25) is 9.78 Å². The van der Waals surface area contributed by atoms with Gasteiger partial charge in [0.15, 0.2) is 11.6 Å². The average molecular weight is 504 g/mol. The van der Waals surface area contributed by atoms with Crippen molar-refractivity contribution in [1.82, 2.24) is 9.97 Å². The normalized spacial score (nSPS) is 17.9. The molecule has 1 aromatic carbocycles. The Bertz CT molecular complexity index is 1240. The fourth-order valence-electron chi connectivity index (χ4n) is 4.04. The summed E-state index contributed by atoms with van der Waals surface area (Å²) in [7, 11) is 0. The molecule has 8 nitrogen and oxygen atoms in total. The highest BCUT2D eigenvalue weighted by Gasteiger charge is 2.31. The SMILES string of the molecule is NC(=O)c1cc(F)c(N[C@@H]2CCCC[C@@H]2N)nc1Nc1cncc(-c2ccc(OC(F)(F)F)cc2)c1. The number of nitrogens with zero attached hydrogens (tertiary/aromatic N) is 2. The molecule has 6 N–H and O–H groups in total. The number of anilines is 3. The second kappa shape index (κ2) is 10.4. The Hall–Kier alpha value is -3.93. The number of primary amides is 1. The molecule has 0 spiro atoms. The first-order valence-corrected chi connectivity index (χ1v) is 11.2. The van der Waals surface area contributed by atoms with E-state index in [4.69, 9.17) is 11.5 Å². The molecular weight excluding hydrogens is 480 g/mol. The van der Waals surface area contributed by atoms with Crippen LogP contribution in [0.1, 0.15) is 36.0 Å². The van der Waals surface area contributed by atoms with Gasteiger partial charge in [0.2, 0.25) is 0 Å². The van der Waals surface area contributed by atoms with Gasteiger partial charge < -0.3 is 26.8 Å². The van der Waals surface area contributed by atoms with Gasteiger partial charge in [0, 0.05) is 23.8 Å². The van der Waals surface area contributed by atoms with E-state index in [-0.39, 0.29) is 35.0 Å². The number of nitrogens with two attached hydrogens (primary N) is 2. The number of rotatable bonds is 7. The number of pyridine rings is 2. The second-order valence-electron chi connectivity index (χ2n) is 8.44. The van der Waals surface area contributed by atoms with Crippen molar-refractivity contribution in [1.29, 1.82) is 0 Å². The predicted octanol–water partition coefficient (Wildman–Crippen LogP) is 4.71. The Labute approximate surface area is 204 Å². The van der Waals surface area contributed by atoms with E-state index < -0.39 is 18.1 Å². The maximum atomic E-state index is 14.7. The Balaban J connectivity index is 1.59. The van der Waals surface area contributed by atoms with Gasteiger partial charge in [-0.25, -0.2) is 9.37 Å². The predicted molar refractivity (Wildman–Crippen MR) is 126 cm³/mol. The van der Waals surface area contributed by atoms with E-state index in [0.717, 1.165) is 31.7 Å². The van der Waals surface area contributed by atoms with Gasteiger partial charge in [0.05, 0.1) is 17.4 Å². The third kappa shape index (κ3) is 6.19. The lowest BCUT2D eigenvalue weighted by molar-refractivity contribution is -0.274. The molecule has 0 bridgehead atoms. The molecule has 0 aliphatic heterocycles. The Morgan fingerprint density at radius 3 is 2.42 bits per heavy atom. The van der Waals surface area contributed by atoms with Crippen LogP contribution in [0.15, 0.2) is 48.8 Å². The van der Waals surface area contributed by atoms with Gasteiger partial charge in [-0.15, -0.1) is 13.2 Å². The third-order valence-electron chi connectivity index (χ3n) is 5.81. The first-order valence-electron chi connectivity index (χ1n) is 11.2. The molecule has 190 valence electrons. The van der Waals surface area contributed by atoms with E-state index in [9.17, 15) is 22.4 Å². The van der Waals surface area contributed by atoms with E-state index in [1.54, 1.807) is 6.07 Å². The number of aromatic nitrogens is 2. The Kier molecular flexibility index (Phi) is 7.25. The fourth-order valence-corrected chi connectivity index (χ4v) is 4.04. The molecule has 12 heteroatoms. The van der Waals surface area contributed by atoms with E-state index in [2.05, 4.69) is 25.3 Å². The van der Waals surface area contributed by atoms with Crippen molar-refractivity contribution in [3.63, 3.8) is 0 Å². The minimum absolute atomic E-state index is 0.0173. The molecule has 1 fully saturated rings. The van der Waals surface area contributed by atoms with Crippen LogP contribution in [0.5, 0.6) is 5.75 Å². The number of carbonyl (C=O) groups is 1. The van der Waals surface area contributed by atoms with E-state index in [0.29, 0.717) is 16.8 Å². The summed E-state index contributed by atoms with van der Waals surface area (Å²) in [5, 5.41) is 5.98. The molecule has 0 unspecified atom stereocenters. The molecule has 4 rings (SSSR count). The summed E-state index contributed by atoms with van der Waals surface area (Å²) in [6, 6.07) is 7.60. The zero-order valence-electron chi connectivity index (χ0n) is 19.0. The summed E-state index contributed by atoms with van der Waals surface area (Å²) in [6.45, 7) is 0. The number of ether oxygens (including phenoxy) is 1. The highest BCUT2D eigenvalue weighted by Crippen LogP contribution is 2.30. The van der Waals surface area contributed by atoms with Crippen molar-refractivity contribution in [3.8, 4) is 16.9 Å². The molecule has 0 saturated heterocycles. The summed E-state index contributed by atoms with van der Waals surface area (Å²) in [4.78, 5) is 20.4. The summed E-state index contributed by atoms with van der Waals surface area (Å²) in [5.74, 6) is -2.01. The second-order valence-corrected chi connectivity index (χ2v) is 8.44. The summed E-state index contributed by atoms with van der Waals surface area (Å²) >= 11 is 0. The highest BCUT2D eigenvalue weighted by molar-refractivity contribution is 5.98. The Morgan fingerprint density at radius 1 is 1.03 bits per heavy atom. The lowest BCUT2D eigenvalue weighted by atomic mass is 9.91. The van der Waals surface area contributed by atoms with Crippen molar-refractivity contribution < 1.29 is 27.1 Å². The van der Waals surface area contributed by atoms with Crippen LogP contribution in [0, 0.1) is 5.82 Å². The standard InChI is InChI=1S/C24H24F4N6O2/c25-18-10-17(21(30)35)22(34-23(18)33-20-4-2-1-3-19(20)29)32-15-9-14(11-31-12-15)13-5-7-16(8-6-13)36-24(26,27)28/h5-12,19-20H,1-4,29H2,(H2,30,35)(H2,32,33,34)/t19-,20+/m0/s1. The van der Waals surface area contributed by atoms with Crippen LogP contribution in [0.25, 0.3) is 11.1 Å². The zero-order chi connectivity index (χ0) is 25.9. The van der Waals surface area contributed by atoms with Gasteiger partial charge >= 0.3 is 6.36 Å². The van der Waals surface area contributed by atoms with Crippen molar-refractivity contribution in [2.24, 2.45) is 11.5 Å². The number of hydrogen-bond acceptors (Lipinski definition) is 7. The molecule has 3 aromatic rings. The lowest BCUT2D eigenvalue weighted by Gasteiger charge is -2.30. The van der Waals surface area contributed by atoms with Gasteiger partial charge in [-0.05, 0) is 42.7 Å². The summed E-state index contributed by atoms with van der Waals surface area (Å²) in [5.41, 5.74) is 13.0. The molecule has 1 saturated carbocycles. The molecule has 2 heterocycles. The topological polar surface area (TPSA) is 128 Å². The van der Waals surface area contributed by atoms with E-state index >= 15 is 0 Å². The lowest BCUT2D eigenvalue weighted by Crippen LogP contribution is -2.43. The number of benzene rings is 1. The summed E-state index contributed by atoms with van der Waals surface area (Å²) in [6.07, 6.45) is 1.71. The smallest absolute Gasteiger partial charge is 0.406 e. The number of carbonyl (C=O) groups excluding carboxylic acids is 1. The van der Waals surface area contributed by atoms with Crippen LogP contribution < -0.4 is 26.8 Å². The van der Waals surface area contributed by atoms with Gasteiger partial charge in [-0.1, -0.05) is 25.0 Å². The first kappa shape index (κ1) is 25.2. The molecule has 1 aliphatic rings. The van der Waals surface area contributed by atoms with E-state index in [1.807, 2.05) is 0 Å². The first-order chi connectivity index (χ1) is 17.1. The van der Waals surface area contributed by atoms with Crippen molar-refractivity contribution >= 4 is 23.2 Å². The molecule has 2 aromatic heterocycles. The van der Waals surface area contributed by atoms with Gasteiger partial charge in [0.1, 0.15) is 11.6 Å². The number of nitrogens with one attached hydrogen (secondary N) is 2. The van der Waals surface area contributed by atoms with Crippen LogP contribution in [0.2, 0.25) is 0 Å². The number of halogens is 4. The quantitative estimate of drug-likeness (QED) is 0.343. The van der Waals surface area contributed by atoms with Crippen LogP contribution in [0.4, 0.5) is 34.9 Å². The van der Waals surface area contributed by atoms with Gasteiger partial charge in [0.25, 0.3) is 5.91 Å². The monoisotopic (exact) mass is 504 g/mol. The molecular formula is C24H24F4N6O2. The molecule has 1 aliphatic carbocycles. The zero-order valence-corrected chi connectivity index (χ0v) is 19.0. The minimum Gasteiger partial charge on any atom is -0.406 e. The molecule has 2 atom stereocenters. The maximum Gasteiger partial charge on any atom is 0.573 e. The van der Waals surface area contributed by atoms with Crippen LogP contribution >= 0.6 is 0 Å². The van der Waals surface area contributed by atoms with E-state index in [1.165, 1.54) is 36.7 Å².